The summed E-state index contributed by atoms with van der Waals surface area (Å²) in [4.78, 5) is 0. The molecule has 0 saturated heterocycles. The van der Waals surface area contributed by atoms with Crippen LogP contribution >= 0.6 is 0 Å². The quantitative estimate of drug-likeness (QED) is 0.0482. The number of para-hydroxylation sites is 1. The van der Waals surface area contributed by atoms with Crippen molar-refractivity contribution in [3.63, 3.8) is 0 Å². The molecule has 312 valence electrons. The summed E-state index contributed by atoms with van der Waals surface area (Å²) in [5, 5.41) is 0. The minimum absolute atomic E-state index is 1.10. The molecular weight excluding hydrogens is 837 g/mol. The van der Waals surface area contributed by atoms with Crippen molar-refractivity contribution in [1.82, 2.24) is 4.48 Å². The van der Waals surface area contributed by atoms with Crippen LogP contribution in [0.3, 0.4) is 0 Å². The Morgan fingerprint density at radius 2 is 0.466 bits per heavy atom. The lowest BCUT2D eigenvalue weighted by Crippen LogP contribution is -2.81. The molecular formula is C36H20BF20N. The van der Waals surface area contributed by atoms with E-state index in [9.17, 15) is 52.7 Å². The molecule has 0 amide bonds. The molecule has 0 aliphatic rings. The molecule has 5 aromatic rings. The summed E-state index contributed by atoms with van der Waals surface area (Å²) in [6.07, 6.45) is -7.22. The normalized spacial score (nSPS) is 11.9. The Balaban J connectivity index is 0.000000486. The molecule has 0 bridgehead atoms. The summed E-state index contributed by atoms with van der Waals surface area (Å²) < 4.78 is 295. The zero-order valence-electron chi connectivity index (χ0n) is 29.1. The lowest BCUT2D eigenvalue weighted by atomic mass is 9.12. The zero-order chi connectivity index (χ0) is 44.1. The third-order valence-corrected chi connectivity index (χ3v) is 9.83. The first-order chi connectivity index (χ1) is 27.0. The van der Waals surface area contributed by atoms with Crippen LogP contribution in [0.15, 0.2) is 30.3 Å². The number of nitrogens with zero attached hydrogens (tertiary/aromatic N) is 1. The molecule has 58 heavy (non-hydrogen) atoms. The first-order valence-electron chi connectivity index (χ1n) is 16.1. The van der Waals surface area contributed by atoms with Gasteiger partial charge in [0.05, 0.1) is 19.6 Å². The SMILES string of the molecule is CC[N+](CC)(CC)c1ccccc1.Fc1c(F)c(F)c([B-](c2c(F)c(F)c(F)c(F)c2F)(c2c(F)c(F)c(F)c(F)c2F)c2c(F)c(F)c(F)c(F)c2F)c(F)c1F. The van der Waals surface area contributed by atoms with Gasteiger partial charge < -0.3 is 0 Å². The summed E-state index contributed by atoms with van der Waals surface area (Å²) >= 11 is 0. The van der Waals surface area contributed by atoms with E-state index in [0.717, 1.165) is 4.48 Å². The van der Waals surface area contributed by atoms with Crippen molar-refractivity contribution in [2.24, 2.45) is 0 Å². The smallest absolute Gasteiger partial charge is 0.200 e. The molecule has 0 fully saturated rings. The van der Waals surface area contributed by atoms with Crippen molar-refractivity contribution < 1.29 is 87.8 Å². The van der Waals surface area contributed by atoms with Crippen LogP contribution in [0.5, 0.6) is 0 Å². The maximum atomic E-state index is 15.4. The Kier molecular flexibility index (Phi) is 12.9. The molecule has 0 aliphatic heterocycles. The molecule has 0 N–H and O–H groups in total. The van der Waals surface area contributed by atoms with Crippen molar-refractivity contribution in [2.75, 3.05) is 19.6 Å². The zero-order valence-corrected chi connectivity index (χ0v) is 29.1. The second-order valence-corrected chi connectivity index (χ2v) is 12.2. The molecule has 0 radical (unpaired) electrons. The first-order valence-corrected chi connectivity index (χ1v) is 16.1. The van der Waals surface area contributed by atoms with Gasteiger partial charge in [-0.2, -0.15) is 0 Å². The number of quaternary nitrogens is 1. The van der Waals surface area contributed by atoms with Gasteiger partial charge in [0.2, 0.25) is 0 Å². The number of hydrogen-bond acceptors (Lipinski definition) is 0. The minimum atomic E-state index is -7.22. The fraction of sp³-hybridized carbons (Fsp3) is 0.167. The summed E-state index contributed by atoms with van der Waals surface area (Å²) in [6, 6.07) is 10.8. The highest BCUT2D eigenvalue weighted by Gasteiger charge is 2.52. The Morgan fingerprint density at radius 1 is 0.293 bits per heavy atom. The van der Waals surface area contributed by atoms with Gasteiger partial charge in [0.25, 0.3) is 0 Å². The van der Waals surface area contributed by atoms with Crippen LogP contribution in [-0.4, -0.2) is 25.8 Å². The van der Waals surface area contributed by atoms with Crippen LogP contribution in [-0.2, 0) is 0 Å². The first kappa shape index (κ1) is 45.4. The topological polar surface area (TPSA) is 0 Å². The summed E-state index contributed by atoms with van der Waals surface area (Å²) in [5.41, 5.74) is -12.9. The van der Waals surface area contributed by atoms with Gasteiger partial charge in [0, 0.05) is 0 Å². The van der Waals surface area contributed by atoms with E-state index in [2.05, 4.69) is 51.1 Å². The average Bonchev–Trinajstić information content (AvgIpc) is 3.22. The van der Waals surface area contributed by atoms with Crippen molar-refractivity contribution in [2.45, 2.75) is 20.8 Å². The summed E-state index contributed by atoms with van der Waals surface area (Å²) in [6.45, 7) is 10.3. The van der Waals surface area contributed by atoms with Crippen LogP contribution in [0.25, 0.3) is 0 Å². The molecule has 0 spiro atoms. The van der Waals surface area contributed by atoms with E-state index in [4.69, 9.17) is 0 Å². The summed E-state index contributed by atoms with van der Waals surface area (Å²) in [7, 11) is 0. The van der Waals surface area contributed by atoms with Crippen LogP contribution in [0.4, 0.5) is 93.5 Å². The van der Waals surface area contributed by atoms with Crippen molar-refractivity contribution in [3.05, 3.63) is 147 Å². The molecule has 5 aromatic carbocycles. The number of hydrogen-bond donors (Lipinski definition) is 0. The van der Waals surface area contributed by atoms with Crippen molar-refractivity contribution >= 4 is 33.7 Å². The summed E-state index contributed by atoms with van der Waals surface area (Å²) in [5.74, 6) is -71.4. The van der Waals surface area contributed by atoms with Gasteiger partial charge in [-0.05, 0) is 32.9 Å². The predicted octanol–water partition coefficient (Wildman–Crippen LogP) is 8.90. The van der Waals surface area contributed by atoms with E-state index in [1.54, 1.807) is 0 Å². The second-order valence-electron chi connectivity index (χ2n) is 12.2. The molecule has 0 heterocycles. The van der Waals surface area contributed by atoms with Crippen molar-refractivity contribution in [3.8, 4) is 0 Å². The Labute approximate surface area is 313 Å². The Morgan fingerprint density at radius 3 is 0.638 bits per heavy atom. The van der Waals surface area contributed by atoms with E-state index in [1.807, 2.05) is 0 Å². The monoisotopic (exact) mass is 857 g/mol. The van der Waals surface area contributed by atoms with Crippen LogP contribution < -0.4 is 26.3 Å². The van der Waals surface area contributed by atoms with Gasteiger partial charge >= 0.3 is 0 Å². The van der Waals surface area contributed by atoms with Gasteiger partial charge in [-0.1, -0.05) is 18.2 Å². The maximum absolute atomic E-state index is 15.4. The van der Waals surface area contributed by atoms with E-state index in [1.165, 1.54) is 25.3 Å². The number of rotatable bonds is 8. The van der Waals surface area contributed by atoms with Crippen LogP contribution in [0.2, 0.25) is 0 Å². The van der Waals surface area contributed by atoms with Crippen LogP contribution in [0, 0.1) is 116 Å². The average molecular weight is 857 g/mol. The molecule has 0 saturated carbocycles. The van der Waals surface area contributed by atoms with Gasteiger partial charge in [-0.3, -0.25) is 4.48 Å². The molecule has 0 atom stereocenters. The van der Waals surface area contributed by atoms with Crippen LogP contribution in [0.1, 0.15) is 20.8 Å². The van der Waals surface area contributed by atoms with E-state index in [-0.39, 0.29) is 0 Å². The predicted molar refractivity (Wildman–Crippen MR) is 169 cm³/mol. The third kappa shape index (κ3) is 6.61. The Bertz CT molecular complexity index is 2030. The largest absolute Gasteiger partial charge is 0.292 e. The third-order valence-electron chi connectivity index (χ3n) is 9.83. The highest BCUT2D eigenvalue weighted by atomic mass is 19.2. The van der Waals surface area contributed by atoms with Gasteiger partial charge in [-0.25, -0.2) is 87.8 Å². The van der Waals surface area contributed by atoms with E-state index in [0.29, 0.717) is 0 Å². The molecule has 0 aliphatic carbocycles. The fourth-order valence-electron chi connectivity index (χ4n) is 6.84. The molecule has 1 nitrogen and oxygen atoms in total. The fourth-order valence-corrected chi connectivity index (χ4v) is 6.84. The Hall–Kier alpha value is -5.28. The standard InChI is InChI=1S/C24BF20.C12H20N/c26-5-1(6(27)14(35)21(42)13(5)34)25(2-7(28)15(36)22(43)16(37)8(2)29,3-9(30)17(38)23(44)18(39)10(3)31)4-11(32)19(40)24(45)20(41)12(4)33;1-4-13(5-2,6-3)12-10-8-7-9-11-12/h;7-11H,4-6H2,1-3H3/q-1;+1. The maximum Gasteiger partial charge on any atom is 0.200 e. The molecule has 22 heteroatoms. The number of benzene rings is 5. The molecule has 0 unspecified atom stereocenters. The van der Waals surface area contributed by atoms with Crippen molar-refractivity contribution in [1.29, 1.82) is 0 Å². The van der Waals surface area contributed by atoms with Gasteiger partial charge in [-0.15, -0.1) is 21.9 Å². The van der Waals surface area contributed by atoms with E-state index < -0.39 is 144 Å². The molecule has 0 aromatic heterocycles. The lowest BCUT2D eigenvalue weighted by molar-refractivity contribution is 0.316. The second kappa shape index (κ2) is 16.5. The molecule has 5 rings (SSSR count). The van der Waals surface area contributed by atoms with E-state index >= 15 is 35.1 Å². The lowest BCUT2D eigenvalue weighted by Gasteiger charge is -2.44. The number of halogens is 20. The highest BCUT2D eigenvalue weighted by Crippen LogP contribution is 2.31. The van der Waals surface area contributed by atoms with Gasteiger partial charge in [0.15, 0.2) is 69.8 Å². The highest BCUT2D eigenvalue weighted by molar-refractivity contribution is 7.20. The van der Waals surface area contributed by atoms with Gasteiger partial charge in [0.1, 0.15) is 58.4 Å². The minimum Gasteiger partial charge on any atom is -0.292 e.